The Morgan fingerprint density at radius 1 is 1.50 bits per heavy atom. The van der Waals surface area contributed by atoms with Gasteiger partial charge >= 0.3 is 0 Å². The van der Waals surface area contributed by atoms with Gasteiger partial charge in [0.25, 0.3) is 0 Å². The quantitative estimate of drug-likeness (QED) is 0.884. The lowest BCUT2D eigenvalue weighted by Crippen LogP contribution is -2.49. The van der Waals surface area contributed by atoms with Crippen molar-refractivity contribution >= 4 is 27.4 Å². The van der Waals surface area contributed by atoms with Crippen molar-refractivity contribution < 1.29 is 4.74 Å². The van der Waals surface area contributed by atoms with Gasteiger partial charge < -0.3 is 15.4 Å². The maximum atomic E-state index is 5.77. The summed E-state index contributed by atoms with van der Waals surface area (Å²) < 4.78 is 5.77. The Labute approximate surface area is 110 Å². The molecular formula is C12H16N4OS. The van der Waals surface area contributed by atoms with E-state index < -0.39 is 0 Å². The maximum absolute atomic E-state index is 5.77. The van der Waals surface area contributed by atoms with Crippen molar-refractivity contribution in [3.8, 4) is 0 Å². The number of rotatable bonds is 2. The van der Waals surface area contributed by atoms with Crippen LogP contribution in [0.25, 0.3) is 10.2 Å². The number of thiophene rings is 1. The molecule has 2 N–H and O–H groups in total. The van der Waals surface area contributed by atoms with E-state index in [0.29, 0.717) is 6.54 Å². The average Bonchev–Trinajstić information content (AvgIpc) is 2.85. The molecule has 0 aromatic carbocycles. The van der Waals surface area contributed by atoms with Gasteiger partial charge in [-0.25, -0.2) is 9.97 Å². The van der Waals surface area contributed by atoms with Gasteiger partial charge in [-0.1, -0.05) is 0 Å². The normalized spacial score (nSPS) is 24.7. The number of hydrogen-bond donors (Lipinski definition) is 1. The van der Waals surface area contributed by atoms with Gasteiger partial charge in [0.15, 0.2) is 0 Å². The van der Waals surface area contributed by atoms with E-state index in [1.54, 1.807) is 17.7 Å². The second-order valence-corrected chi connectivity index (χ2v) is 5.44. The Bertz CT molecular complexity index is 544. The highest BCUT2D eigenvalue weighted by atomic mass is 32.1. The Balaban J connectivity index is 1.96. The number of nitrogens with zero attached hydrogens (tertiary/aromatic N) is 3. The third-order valence-electron chi connectivity index (χ3n) is 3.13. The van der Waals surface area contributed by atoms with E-state index in [1.807, 2.05) is 5.38 Å². The monoisotopic (exact) mass is 264 g/mol. The first-order chi connectivity index (χ1) is 8.78. The second-order valence-electron chi connectivity index (χ2n) is 4.55. The molecule has 2 aromatic heterocycles. The molecule has 1 aliphatic heterocycles. The SMILES string of the molecule is CC1CN(c2ncnc3sccc23)CC(CN)O1. The summed E-state index contributed by atoms with van der Waals surface area (Å²) in [5, 5.41) is 3.17. The molecule has 2 aromatic rings. The molecule has 0 amide bonds. The van der Waals surface area contributed by atoms with Gasteiger partial charge in [-0.05, 0) is 18.4 Å². The Morgan fingerprint density at radius 3 is 3.22 bits per heavy atom. The van der Waals surface area contributed by atoms with Crippen molar-refractivity contribution in [1.29, 1.82) is 0 Å². The summed E-state index contributed by atoms with van der Waals surface area (Å²) in [6.07, 6.45) is 1.89. The summed E-state index contributed by atoms with van der Waals surface area (Å²) >= 11 is 1.64. The molecular weight excluding hydrogens is 248 g/mol. The number of ether oxygens (including phenoxy) is 1. The van der Waals surface area contributed by atoms with Crippen molar-refractivity contribution in [1.82, 2.24) is 9.97 Å². The minimum Gasteiger partial charge on any atom is -0.370 e. The molecule has 0 radical (unpaired) electrons. The summed E-state index contributed by atoms with van der Waals surface area (Å²) in [4.78, 5) is 12.0. The van der Waals surface area contributed by atoms with E-state index in [9.17, 15) is 0 Å². The number of hydrogen-bond acceptors (Lipinski definition) is 6. The molecule has 3 rings (SSSR count). The van der Waals surface area contributed by atoms with Crippen molar-refractivity contribution in [3.63, 3.8) is 0 Å². The molecule has 0 saturated carbocycles. The minimum absolute atomic E-state index is 0.0809. The molecule has 2 unspecified atom stereocenters. The van der Waals surface area contributed by atoms with E-state index in [-0.39, 0.29) is 12.2 Å². The fourth-order valence-electron chi connectivity index (χ4n) is 2.38. The average molecular weight is 264 g/mol. The number of anilines is 1. The zero-order chi connectivity index (χ0) is 12.5. The van der Waals surface area contributed by atoms with Gasteiger partial charge in [0.1, 0.15) is 17.0 Å². The zero-order valence-corrected chi connectivity index (χ0v) is 11.1. The van der Waals surface area contributed by atoms with Crippen LogP contribution in [0.2, 0.25) is 0 Å². The predicted molar refractivity (Wildman–Crippen MR) is 73.0 cm³/mol. The van der Waals surface area contributed by atoms with E-state index in [2.05, 4.69) is 27.9 Å². The fourth-order valence-corrected chi connectivity index (χ4v) is 3.10. The molecule has 0 spiro atoms. The molecule has 2 atom stereocenters. The summed E-state index contributed by atoms with van der Waals surface area (Å²) in [6.45, 7) is 4.25. The Hall–Kier alpha value is -1.24. The van der Waals surface area contributed by atoms with Crippen LogP contribution in [0.1, 0.15) is 6.92 Å². The standard InChI is InChI=1S/C12H16N4OS/c1-8-5-16(6-9(4-13)17-8)11-10-2-3-18-12(10)15-7-14-11/h2-3,7-9H,4-6,13H2,1H3. The highest BCUT2D eigenvalue weighted by molar-refractivity contribution is 7.16. The molecule has 3 heterocycles. The molecule has 6 heteroatoms. The van der Waals surface area contributed by atoms with Crippen LogP contribution in [0.15, 0.2) is 17.8 Å². The van der Waals surface area contributed by atoms with E-state index in [1.165, 1.54) is 0 Å². The molecule has 96 valence electrons. The molecule has 18 heavy (non-hydrogen) atoms. The molecule has 5 nitrogen and oxygen atoms in total. The van der Waals surface area contributed by atoms with Gasteiger partial charge in [-0.3, -0.25) is 0 Å². The van der Waals surface area contributed by atoms with Crippen molar-refractivity contribution in [3.05, 3.63) is 17.8 Å². The van der Waals surface area contributed by atoms with Crippen LogP contribution in [-0.4, -0.2) is 41.8 Å². The first-order valence-corrected chi connectivity index (χ1v) is 6.94. The first kappa shape index (κ1) is 11.8. The number of aromatic nitrogens is 2. The second kappa shape index (κ2) is 4.79. The van der Waals surface area contributed by atoms with Crippen LogP contribution in [-0.2, 0) is 4.74 Å². The van der Waals surface area contributed by atoms with E-state index in [0.717, 1.165) is 29.1 Å². The van der Waals surface area contributed by atoms with Gasteiger partial charge in [-0.15, -0.1) is 11.3 Å². The number of fused-ring (bicyclic) bond motifs is 1. The lowest BCUT2D eigenvalue weighted by atomic mass is 10.2. The van der Waals surface area contributed by atoms with Crippen LogP contribution < -0.4 is 10.6 Å². The van der Waals surface area contributed by atoms with Crippen LogP contribution in [0.3, 0.4) is 0 Å². The van der Waals surface area contributed by atoms with Gasteiger partial charge in [0.05, 0.1) is 17.6 Å². The summed E-state index contributed by atoms with van der Waals surface area (Å²) in [6, 6.07) is 2.08. The smallest absolute Gasteiger partial charge is 0.140 e. The third kappa shape index (κ3) is 2.07. The topological polar surface area (TPSA) is 64.3 Å². The molecule has 1 aliphatic rings. The van der Waals surface area contributed by atoms with Crippen molar-refractivity contribution in [2.75, 3.05) is 24.5 Å². The maximum Gasteiger partial charge on any atom is 0.140 e. The van der Waals surface area contributed by atoms with Gasteiger partial charge in [0.2, 0.25) is 0 Å². The largest absolute Gasteiger partial charge is 0.370 e. The molecule has 1 saturated heterocycles. The number of nitrogens with two attached hydrogens (primary N) is 1. The molecule has 0 bridgehead atoms. The van der Waals surface area contributed by atoms with E-state index >= 15 is 0 Å². The molecule has 1 fully saturated rings. The summed E-state index contributed by atoms with van der Waals surface area (Å²) in [5.41, 5.74) is 5.72. The third-order valence-corrected chi connectivity index (χ3v) is 3.95. The predicted octanol–water partition coefficient (Wildman–Crippen LogP) is 1.24. The summed E-state index contributed by atoms with van der Waals surface area (Å²) in [7, 11) is 0. The van der Waals surface area contributed by atoms with Gasteiger partial charge in [0, 0.05) is 19.6 Å². The minimum atomic E-state index is 0.0809. The van der Waals surface area contributed by atoms with E-state index in [4.69, 9.17) is 10.5 Å². The van der Waals surface area contributed by atoms with Crippen LogP contribution in [0.4, 0.5) is 5.82 Å². The Kier molecular flexibility index (Phi) is 3.15. The summed E-state index contributed by atoms with van der Waals surface area (Å²) in [5.74, 6) is 0.995. The Morgan fingerprint density at radius 2 is 2.39 bits per heavy atom. The lowest BCUT2D eigenvalue weighted by Gasteiger charge is -2.37. The van der Waals surface area contributed by atoms with Crippen LogP contribution in [0, 0.1) is 0 Å². The van der Waals surface area contributed by atoms with Crippen molar-refractivity contribution in [2.45, 2.75) is 19.1 Å². The molecule has 0 aliphatic carbocycles. The zero-order valence-electron chi connectivity index (χ0n) is 10.2. The number of morpholine rings is 1. The fraction of sp³-hybridized carbons (Fsp3) is 0.500. The first-order valence-electron chi connectivity index (χ1n) is 6.06. The highest BCUT2D eigenvalue weighted by Gasteiger charge is 2.26. The van der Waals surface area contributed by atoms with Crippen LogP contribution >= 0.6 is 11.3 Å². The van der Waals surface area contributed by atoms with Crippen molar-refractivity contribution in [2.24, 2.45) is 5.73 Å². The van der Waals surface area contributed by atoms with Crippen LogP contribution in [0.5, 0.6) is 0 Å². The lowest BCUT2D eigenvalue weighted by molar-refractivity contribution is -0.0106. The van der Waals surface area contributed by atoms with Gasteiger partial charge in [-0.2, -0.15) is 0 Å². The highest BCUT2D eigenvalue weighted by Crippen LogP contribution is 2.28.